The van der Waals surface area contributed by atoms with Crippen LogP contribution < -0.4 is 5.73 Å². The maximum absolute atomic E-state index is 9.14. The third-order valence-electron chi connectivity index (χ3n) is 1.73. The maximum Gasteiger partial charge on any atom is 0.0713 e. The molecule has 0 aromatic carbocycles. The molecule has 0 rings (SSSR count). The second-order valence-electron chi connectivity index (χ2n) is 2.53. The molecule has 0 bridgehead atoms. The molecule has 0 aromatic heterocycles. The van der Waals surface area contributed by atoms with Gasteiger partial charge in [-0.2, -0.15) is 0 Å². The third-order valence-corrected chi connectivity index (χ3v) is 1.73. The lowest BCUT2D eigenvalue weighted by Crippen LogP contribution is -2.44. The standard InChI is InChI=1S/C7H17NO2/c1-3-5(9)7(8)6(10)4-2/h5-7,9-10H,3-4,8H2,1-2H3/t5-,6-/m0/s1. The van der Waals surface area contributed by atoms with Crippen molar-refractivity contribution in [3.05, 3.63) is 0 Å². The molecule has 0 aromatic rings. The number of aliphatic hydroxyl groups is 2. The van der Waals surface area contributed by atoms with Crippen LogP contribution in [-0.2, 0) is 0 Å². The van der Waals surface area contributed by atoms with E-state index in [9.17, 15) is 0 Å². The van der Waals surface area contributed by atoms with Crippen LogP contribution in [0.3, 0.4) is 0 Å². The van der Waals surface area contributed by atoms with Crippen molar-refractivity contribution >= 4 is 0 Å². The van der Waals surface area contributed by atoms with Crippen LogP contribution in [0.5, 0.6) is 0 Å². The topological polar surface area (TPSA) is 66.5 Å². The van der Waals surface area contributed by atoms with Gasteiger partial charge in [-0.25, -0.2) is 0 Å². The van der Waals surface area contributed by atoms with Gasteiger partial charge in [0.1, 0.15) is 0 Å². The van der Waals surface area contributed by atoms with Gasteiger partial charge in [0.15, 0.2) is 0 Å². The SMILES string of the molecule is CC[C@H](O)C(N)[C@@H](O)CC. The molecule has 0 unspecified atom stereocenters. The molecule has 10 heavy (non-hydrogen) atoms. The lowest BCUT2D eigenvalue weighted by molar-refractivity contribution is 0.0518. The van der Waals surface area contributed by atoms with Gasteiger partial charge < -0.3 is 15.9 Å². The molecule has 0 spiro atoms. The predicted molar refractivity (Wildman–Crippen MR) is 40.6 cm³/mol. The quantitative estimate of drug-likeness (QED) is 0.518. The summed E-state index contributed by atoms with van der Waals surface area (Å²) in [5, 5.41) is 18.3. The fourth-order valence-corrected chi connectivity index (χ4v) is 0.801. The summed E-state index contributed by atoms with van der Waals surface area (Å²) in [7, 11) is 0. The Kier molecular flexibility index (Phi) is 4.60. The molecule has 0 aliphatic rings. The van der Waals surface area contributed by atoms with E-state index >= 15 is 0 Å². The summed E-state index contributed by atoms with van der Waals surface area (Å²) >= 11 is 0. The van der Waals surface area contributed by atoms with Gasteiger partial charge in [-0.15, -0.1) is 0 Å². The molecule has 4 N–H and O–H groups in total. The van der Waals surface area contributed by atoms with E-state index in [0.29, 0.717) is 12.8 Å². The molecular weight excluding hydrogens is 130 g/mol. The molecule has 0 fully saturated rings. The van der Waals surface area contributed by atoms with Gasteiger partial charge in [0.25, 0.3) is 0 Å². The van der Waals surface area contributed by atoms with Gasteiger partial charge in [-0.05, 0) is 12.8 Å². The van der Waals surface area contributed by atoms with Gasteiger partial charge in [-0.1, -0.05) is 13.8 Å². The van der Waals surface area contributed by atoms with E-state index in [2.05, 4.69) is 0 Å². The molecule has 0 amide bonds. The number of aliphatic hydroxyl groups excluding tert-OH is 2. The van der Waals surface area contributed by atoms with E-state index < -0.39 is 18.2 Å². The van der Waals surface area contributed by atoms with Crippen LogP contribution in [0.4, 0.5) is 0 Å². The van der Waals surface area contributed by atoms with E-state index in [1.165, 1.54) is 0 Å². The lowest BCUT2D eigenvalue weighted by Gasteiger charge is -2.21. The van der Waals surface area contributed by atoms with Gasteiger partial charge in [0.2, 0.25) is 0 Å². The Balaban J connectivity index is 3.69. The minimum atomic E-state index is -0.574. The van der Waals surface area contributed by atoms with E-state index in [1.54, 1.807) is 0 Å². The predicted octanol–water partition coefficient (Wildman–Crippen LogP) is -0.145. The highest BCUT2D eigenvalue weighted by Crippen LogP contribution is 2.03. The van der Waals surface area contributed by atoms with Crippen LogP contribution >= 0.6 is 0 Å². The van der Waals surface area contributed by atoms with Gasteiger partial charge >= 0.3 is 0 Å². The highest BCUT2D eigenvalue weighted by molar-refractivity contribution is 4.77. The minimum absolute atomic E-state index is 0.491. The highest BCUT2D eigenvalue weighted by Gasteiger charge is 2.19. The van der Waals surface area contributed by atoms with E-state index in [1.807, 2.05) is 13.8 Å². The van der Waals surface area contributed by atoms with Crippen molar-refractivity contribution in [3.8, 4) is 0 Å². The van der Waals surface area contributed by atoms with Crippen molar-refractivity contribution in [2.24, 2.45) is 5.73 Å². The van der Waals surface area contributed by atoms with Crippen molar-refractivity contribution in [1.29, 1.82) is 0 Å². The van der Waals surface area contributed by atoms with Gasteiger partial charge in [0.05, 0.1) is 18.2 Å². The summed E-state index contributed by atoms with van der Waals surface area (Å²) in [6, 6.07) is -0.491. The molecular formula is C7H17NO2. The molecule has 2 atom stereocenters. The zero-order valence-corrected chi connectivity index (χ0v) is 6.62. The Labute approximate surface area is 61.9 Å². The molecule has 3 nitrogen and oxygen atoms in total. The summed E-state index contributed by atoms with van der Waals surface area (Å²) in [6.45, 7) is 3.68. The molecule has 0 aliphatic heterocycles. The first-order chi connectivity index (χ1) is 4.63. The third kappa shape index (κ3) is 2.64. The molecule has 0 heterocycles. The van der Waals surface area contributed by atoms with Crippen LogP contribution in [-0.4, -0.2) is 28.5 Å². The molecule has 0 saturated heterocycles. The molecule has 0 saturated carbocycles. The van der Waals surface area contributed by atoms with E-state index in [4.69, 9.17) is 15.9 Å². The van der Waals surface area contributed by atoms with Crippen LogP contribution in [0, 0.1) is 0 Å². The zero-order valence-electron chi connectivity index (χ0n) is 6.62. The summed E-state index contributed by atoms with van der Waals surface area (Å²) in [4.78, 5) is 0. The van der Waals surface area contributed by atoms with Crippen molar-refractivity contribution in [1.82, 2.24) is 0 Å². The van der Waals surface area contributed by atoms with Crippen molar-refractivity contribution < 1.29 is 10.2 Å². The highest BCUT2D eigenvalue weighted by atomic mass is 16.3. The largest absolute Gasteiger partial charge is 0.391 e. The van der Waals surface area contributed by atoms with Crippen molar-refractivity contribution in [2.75, 3.05) is 0 Å². The summed E-state index contributed by atoms with van der Waals surface area (Å²) in [6.07, 6.45) is 0.0427. The summed E-state index contributed by atoms with van der Waals surface area (Å²) < 4.78 is 0. The monoisotopic (exact) mass is 147 g/mol. The number of nitrogens with two attached hydrogens (primary N) is 1. The second-order valence-corrected chi connectivity index (χ2v) is 2.53. The van der Waals surface area contributed by atoms with E-state index in [-0.39, 0.29) is 0 Å². The number of hydrogen-bond donors (Lipinski definition) is 3. The van der Waals surface area contributed by atoms with Gasteiger partial charge in [-0.3, -0.25) is 0 Å². The Morgan fingerprint density at radius 1 is 1.10 bits per heavy atom. The lowest BCUT2D eigenvalue weighted by atomic mass is 10.0. The maximum atomic E-state index is 9.14. The molecule has 3 heteroatoms. The van der Waals surface area contributed by atoms with E-state index in [0.717, 1.165) is 0 Å². The smallest absolute Gasteiger partial charge is 0.0713 e. The van der Waals surface area contributed by atoms with Crippen LogP contribution in [0.1, 0.15) is 26.7 Å². The minimum Gasteiger partial charge on any atom is -0.391 e. The van der Waals surface area contributed by atoms with Crippen LogP contribution in [0.2, 0.25) is 0 Å². The Hall–Kier alpha value is -0.120. The fourth-order valence-electron chi connectivity index (χ4n) is 0.801. The average molecular weight is 147 g/mol. The summed E-state index contributed by atoms with van der Waals surface area (Å²) in [5.41, 5.74) is 5.48. The Morgan fingerprint density at radius 2 is 1.40 bits per heavy atom. The Morgan fingerprint density at radius 3 is 1.60 bits per heavy atom. The first-order valence-electron chi connectivity index (χ1n) is 3.75. The normalized spacial score (nSPS) is 17.4. The average Bonchev–Trinajstić information content (AvgIpc) is 2.00. The number of hydrogen-bond acceptors (Lipinski definition) is 3. The van der Waals surface area contributed by atoms with Crippen LogP contribution in [0.25, 0.3) is 0 Å². The summed E-state index contributed by atoms with van der Waals surface area (Å²) in [5.74, 6) is 0. The first kappa shape index (κ1) is 9.88. The van der Waals surface area contributed by atoms with Crippen molar-refractivity contribution in [3.63, 3.8) is 0 Å². The van der Waals surface area contributed by atoms with Crippen molar-refractivity contribution in [2.45, 2.75) is 44.9 Å². The first-order valence-corrected chi connectivity index (χ1v) is 3.75. The molecule has 0 aliphatic carbocycles. The fraction of sp³-hybridized carbons (Fsp3) is 1.00. The van der Waals surface area contributed by atoms with Crippen LogP contribution in [0.15, 0.2) is 0 Å². The molecule has 0 radical (unpaired) electrons. The number of rotatable bonds is 4. The molecule has 62 valence electrons. The second kappa shape index (κ2) is 4.66. The zero-order chi connectivity index (χ0) is 8.15. The Bertz CT molecular complexity index is 77.7. The van der Waals surface area contributed by atoms with Gasteiger partial charge in [0, 0.05) is 0 Å².